The van der Waals surface area contributed by atoms with Gasteiger partial charge >= 0.3 is 145 Å². The molecule has 0 saturated heterocycles. The van der Waals surface area contributed by atoms with Crippen molar-refractivity contribution in [1.82, 2.24) is 12.7 Å². The summed E-state index contributed by atoms with van der Waals surface area (Å²) in [5, 5.41) is 0. The van der Waals surface area contributed by atoms with Crippen LogP contribution in [0, 0.1) is 0 Å². The minimum atomic E-state index is -3.41. The quantitative estimate of drug-likeness (QED) is 0.612. The van der Waals surface area contributed by atoms with E-state index in [0.29, 0.717) is 18.1 Å². The van der Waals surface area contributed by atoms with Gasteiger partial charge in [-0.15, -0.1) is 0 Å². The summed E-state index contributed by atoms with van der Waals surface area (Å²) in [6.45, 7) is 0. The van der Waals surface area contributed by atoms with Gasteiger partial charge in [0.15, 0.2) is 0 Å². The normalized spacial score (nSPS) is 26.4. The van der Waals surface area contributed by atoms with E-state index in [2.05, 4.69) is 12.7 Å². The third-order valence-electron chi connectivity index (χ3n) is 5.91. The van der Waals surface area contributed by atoms with Crippen LogP contribution in [-0.2, 0) is 3.74 Å². The van der Waals surface area contributed by atoms with E-state index in [1.165, 1.54) is 96.3 Å². The molecule has 0 aromatic heterocycles. The molecule has 4 nitrogen and oxygen atoms in total. The summed E-state index contributed by atoms with van der Waals surface area (Å²) >= 11 is -3.41. The molecule has 3 saturated carbocycles. The molecule has 0 spiro atoms. The number of rotatable bonds is 6. The van der Waals surface area contributed by atoms with E-state index in [1.54, 1.807) is 0 Å². The molecular formula is C18H36AsN3O. The van der Waals surface area contributed by atoms with Gasteiger partial charge in [-0.2, -0.15) is 0 Å². The summed E-state index contributed by atoms with van der Waals surface area (Å²) in [7, 11) is 0. The zero-order valence-corrected chi connectivity index (χ0v) is 16.6. The van der Waals surface area contributed by atoms with E-state index < -0.39 is 14.2 Å². The second kappa shape index (κ2) is 9.08. The van der Waals surface area contributed by atoms with E-state index in [-0.39, 0.29) is 0 Å². The predicted octanol–water partition coefficient (Wildman–Crippen LogP) is 3.62. The fourth-order valence-corrected chi connectivity index (χ4v) is 9.91. The van der Waals surface area contributed by atoms with Gasteiger partial charge in [0.05, 0.1) is 0 Å². The molecule has 0 radical (unpaired) electrons. The molecule has 23 heavy (non-hydrogen) atoms. The summed E-state index contributed by atoms with van der Waals surface area (Å²) in [5.74, 6) is 0. The monoisotopic (exact) mass is 385 g/mol. The van der Waals surface area contributed by atoms with E-state index in [4.69, 9.17) is 0 Å². The fraction of sp³-hybridized carbons (Fsp3) is 1.00. The van der Waals surface area contributed by atoms with Crippen LogP contribution in [0.4, 0.5) is 0 Å². The Morgan fingerprint density at radius 1 is 0.478 bits per heavy atom. The van der Waals surface area contributed by atoms with Crippen LogP contribution in [0.25, 0.3) is 0 Å². The molecule has 0 unspecified atom stereocenters. The Morgan fingerprint density at radius 3 is 1.00 bits per heavy atom. The van der Waals surface area contributed by atoms with E-state index in [0.717, 1.165) is 0 Å². The van der Waals surface area contributed by atoms with Gasteiger partial charge in [0.25, 0.3) is 0 Å². The molecule has 0 aromatic carbocycles. The van der Waals surface area contributed by atoms with E-state index >= 15 is 0 Å². The average Bonchev–Trinajstić information content (AvgIpc) is 2.57. The van der Waals surface area contributed by atoms with Crippen molar-refractivity contribution in [3.63, 3.8) is 0 Å². The van der Waals surface area contributed by atoms with Gasteiger partial charge < -0.3 is 0 Å². The van der Waals surface area contributed by atoms with Crippen molar-refractivity contribution in [2.75, 3.05) is 0 Å². The van der Waals surface area contributed by atoms with Crippen molar-refractivity contribution in [3.8, 4) is 0 Å². The van der Waals surface area contributed by atoms with Gasteiger partial charge in [-0.25, -0.2) is 0 Å². The van der Waals surface area contributed by atoms with Crippen molar-refractivity contribution in [2.45, 2.75) is 114 Å². The number of hydrogen-bond acceptors (Lipinski definition) is 1. The second-order valence-electron chi connectivity index (χ2n) is 8.00. The third-order valence-corrected chi connectivity index (χ3v) is 10.5. The van der Waals surface area contributed by atoms with Crippen LogP contribution in [0.3, 0.4) is 0 Å². The number of nitrogens with one attached hydrogen (secondary N) is 3. The standard InChI is InChI=1S/C18H36AsN3O/c23-19(20-16-10-4-1-5-11-16,21-17-12-6-2-7-13-17)22-18-14-8-3-9-15-18/h16-18H,1-15H2,(H3,20,21,22,23). The van der Waals surface area contributed by atoms with Crippen molar-refractivity contribution >= 4 is 14.2 Å². The van der Waals surface area contributed by atoms with Crippen LogP contribution < -0.4 is 12.7 Å². The molecular weight excluding hydrogens is 349 g/mol. The number of hydrogen-bond donors (Lipinski definition) is 3. The van der Waals surface area contributed by atoms with Gasteiger partial charge in [0, 0.05) is 0 Å². The molecule has 3 aliphatic rings. The predicted molar refractivity (Wildman–Crippen MR) is 96.5 cm³/mol. The van der Waals surface area contributed by atoms with Gasteiger partial charge in [0.1, 0.15) is 0 Å². The molecule has 0 aromatic rings. The van der Waals surface area contributed by atoms with Crippen molar-refractivity contribution < 1.29 is 3.74 Å². The Balaban J connectivity index is 1.61. The Kier molecular flexibility index (Phi) is 7.12. The van der Waals surface area contributed by atoms with Crippen LogP contribution in [0.5, 0.6) is 0 Å². The maximum atomic E-state index is 13.7. The first-order valence-electron chi connectivity index (χ1n) is 10.2. The molecule has 3 rings (SSSR count). The molecule has 3 fully saturated rings. The summed E-state index contributed by atoms with van der Waals surface area (Å²) < 4.78 is 24.6. The third kappa shape index (κ3) is 5.92. The summed E-state index contributed by atoms with van der Waals surface area (Å²) in [4.78, 5) is 0. The molecule has 5 heteroatoms. The minimum absolute atomic E-state index is 0.459. The molecule has 3 aliphatic carbocycles. The maximum absolute atomic E-state index is 13.7. The van der Waals surface area contributed by atoms with Crippen molar-refractivity contribution in [2.24, 2.45) is 0 Å². The van der Waals surface area contributed by atoms with Crippen LogP contribution in [0.2, 0.25) is 0 Å². The molecule has 0 amide bonds. The topological polar surface area (TPSA) is 53.2 Å². The van der Waals surface area contributed by atoms with Crippen molar-refractivity contribution in [1.29, 1.82) is 0 Å². The summed E-state index contributed by atoms with van der Waals surface area (Å²) in [6, 6.07) is 1.38. The average molecular weight is 385 g/mol. The summed E-state index contributed by atoms with van der Waals surface area (Å²) in [5.41, 5.74) is 0. The van der Waals surface area contributed by atoms with Crippen LogP contribution >= 0.6 is 0 Å². The van der Waals surface area contributed by atoms with Gasteiger partial charge in [-0.3, -0.25) is 0 Å². The first-order chi connectivity index (χ1) is 11.2. The molecule has 3 N–H and O–H groups in total. The van der Waals surface area contributed by atoms with E-state index in [1.807, 2.05) is 0 Å². The van der Waals surface area contributed by atoms with Crippen molar-refractivity contribution in [3.05, 3.63) is 0 Å². The van der Waals surface area contributed by atoms with Gasteiger partial charge in [-0.1, -0.05) is 0 Å². The van der Waals surface area contributed by atoms with Crippen LogP contribution in [0.15, 0.2) is 0 Å². The Bertz CT molecular complexity index is 329. The molecule has 0 bridgehead atoms. The Hall–Kier alpha value is 0.238. The fourth-order valence-electron chi connectivity index (χ4n) is 4.58. The van der Waals surface area contributed by atoms with Gasteiger partial charge in [-0.05, 0) is 0 Å². The Morgan fingerprint density at radius 2 is 0.739 bits per heavy atom. The molecule has 0 atom stereocenters. The SMILES string of the molecule is O=[As](NC1CCCCC1)(NC1CCCCC1)NC1CCCCC1. The van der Waals surface area contributed by atoms with Crippen LogP contribution in [-0.4, -0.2) is 32.3 Å². The second-order valence-corrected chi connectivity index (χ2v) is 12.2. The Labute approximate surface area is 145 Å². The van der Waals surface area contributed by atoms with Gasteiger partial charge in [0.2, 0.25) is 0 Å². The van der Waals surface area contributed by atoms with E-state index in [9.17, 15) is 3.74 Å². The zero-order valence-electron chi connectivity index (χ0n) is 14.7. The first-order valence-corrected chi connectivity index (χ1v) is 13.7. The molecule has 134 valence electrons. The molecule has 0 aliphatic heterocycles. The zero-order chi connectivity index (χ0) is 16.0. The molecule has 0 heterocycles. The summed E-state index contributed by atoms with van der Waals surface area (Å²) in [6.07, 6.45) is 19.0. The van der Waals surface area contributed by atoms with Crippen LogP contribution in [0.1, 0.15) is 96.3 Å². The first kappa shape index (κ1) is 18.0.